The zero-order valence-corrected chi connectivity index (χ0v) is 18.5. The van der Waals surface area contributed by atoms with Crippen molar-refractivity contribution in [1.82, 2.24) is 14.9 Å². The van der Waals surface area contributed by atoms with Crippen LogP contribution in [-0.2, 0) is 4.79 Å². The highest BCUT2D eigenvalue weighted by Gasteiger charge is 2.25. The molecule has 1 aromatic carbocycles. The van der Waals surface area contributed by atoms with Crippen LogP contribution in [0.1, 0.15) is 62.8 Å². The van der Waals surface area contributed by atoms with E-state index in [9.17, 15) is 4.79 Å². The van der Waals surface area contributed by atoms with Crippen molar-refractivity contribution in [1.29, 1.82) is 0 Å². The first-order valence-electron chi connectivity index (χ1n) is 10.9. The molecular weight excluding hydrogens is 360 g/mol. The van der Waals surface area contributed by atoms with Crippen LogP contribution in [0.2, 0.25) is 0 Å². The van der Waals surface area contributed by atoms with Gasteiger partial charge in [-0.25, -0.2) is 9.97 Å². The smallest absolute Gasteiger partial charge is 0.222 e. The van der Waals surface area contributed by atoms with Crippen LogP contribution in [0.3, 0.4) is 0 Å². The number of benzene rings is 1. The van der Waals surface area contributed by atoms with E-state index < -0.39 is 0 Å². The molecule has 5 heteroatoms. The first kappa shape index (κ1) is 21.3. The number of rotatable bonds is 6. The Morgan fingerprint density at radius 1 is 1.10 bits per heavy atom. The fourth-order valence-corrected chi connectivity index (χ4v) is 4.05. The number of anilines is 1. The summed E-state index contributed by atoms with van der Waals surface area (Å²) in [6.45, 7) is 13.9. The minimum Gasteiger partial charge on any atom is -0.353 e. The lowest BCUT2D eigenvalue weighted by atomic mass is 10.0. The van der Waals surface area contributed by atoms with Crippen molar-refractivity contribution >= 4 is 11.7 Å². The third-order valence-electron chi connectivity index (χ3n) is 5.65. The second-order valence-corrected chi connectivity index (χ2v) is 8.37. The van der Waals surface area contributed by atoms with Gasteiger partial charge in [-0.05, 0) is 32.3 Å². The highest BCUT2D eigenvalue weighted by molar-refractivity contribution is 5.76. The van der Waals surface area contributed by atoms with Crippen molar-refractivity contribution in [3.63, 3.8) is 0 Å². The summed E-state index contributed by atoms with van der Waals surface area (Å²) in [4.78, 5) is 26.6. The predicted octanol–water partition coefficient (Wildman–Crippen LogP) is 4.72. The van der Waals surface area contributed by atoms with Gasteiger partial charge < -0.3 is 9.80 Å². The van der Waals surface area contributed by atoms with E-state index in [2.05, 4.69) is 63.8 Å². The summed E-state index contributed by atoms with van der Waals surface area (Å²) in [5.74, 6) is 2.45. The van der Waals surface area contributed by atoms with Gasteiger partial charge >= 0.3 is 0 Å². The van der Waals surface area contributed by atoms with Crippen molar-refractivity contribution in [3.05, 3.63) is 41.1 Å². The lowest BCUT2D eigenvalue weighted by Crippen LogP contribution is -2.49. The molecule has 0 saturated carbocycles. The lowest BCUT2D eigenvalue weighted by Gasteiger charge is -2.37. The van der Waals surface area contributed by atoms with Gasteiger partial charge in [-0.1, -0.05) is 51.0 Å². The van der Waals surface area contributed by atoms with Gasteiger partial charge in [0.1, 0.15) is 5.82 Å². The number of piperazine rings is 1. The number of hydrogen-bond acceptors (Lipinski definition) is 4. The maximum Gasteiger partial charge on any atom is 0.222 e. The fraction of sp³-hybridized carbons (Fsp3) is 0.542. The van der Waals surface area contributed by atoms with Crippen molar-refractivity contribution in [2.75, 3.05) is 31.1 Å². The molecule has 1 aliphatic rings. The normalized spacial score (nSPS) is 14.6. The summed E-state index contributed by atoms with van der Waals surface area (Å²) < 4.78 is 0. The van der Waals surface area contributed by atoms with E-state index in [-0.39, 0.29) is 5.91 Å². The number of aromatic nitrogens is 2. The quantitative estimate of drug-likeness (QED) is 0.711. The molecule has 1 amide bonds. The number of carbonyl (C=O) groups is 1. The topological polar surface area (TPSA) is 49.3 Å². The molecule has 29 heavy (non-hydrogen) atoms. The Balaban J connectivity index is 1.87. The van der Waals surface area contributed by atoms with Gasteiger partial charge in [-0.2, -0.15) is 0 Å². The van der Waals surface area contributed by atoms with Crippen molar-refractivity contribution in [3.8, 4) is 11.4 Å². The zero-order chi connectivity index (χ0) is 21.0. The molecule has 0 unspecified atom stereocenters. The number of aryl methyl sites for hydroxylation is 2. The second-order valence-electron chi connectivity index (χ2n) is 8.37. The molecule has 1 aliphatic heterocycles. The molecule has 1 fully saturated rings. The first-order chi connectivity index (χ1) is 13.9. The lowest BCUT2D eigenvalue weighted by molar-refractivity contribution is -0.131. The molecule has 2 aromatic rings. The monoisotopic (exact) mass is 394 g/mol. The van der Waals surface area contributed by atoms with Gasteiger partial charge in [-0.15, -0.1) is 0 Å². The van der Waals surface area contributed by atoms with Crippen LogP contribution in [0.15, 0.2) is 24.3 Å². The van der Waals surface area contributed by atoms with Gasteiger partial charge in [-0.3, -0.25) is 4.79 Å². The van der Waals surface area contributed by atoms with Crippen LogP contribution in [0.4, 0.5) is 5.82 Å². The molecule has 156 valence electrons. The third-order valence-corrected chi connectivity index (χ3v) is 5.65. The van der Waals surface area contributed by atoms with E-state index >= 15 is 0 Å². The van der Waals surface area contributed by atoms with Crippen LogP contribution < -0.4 is 4.90 Å². The summed E-state index contributed by atoms with van der Waals surface area (Å²) in [6, 6.07) is 8.36. The maximum absolute atomic E-state index is 12.4. The van der Waals surface area contributed by atoms with Crippen LogP contribution in [0.5, 0.6) is 0 Å². The van der Waals surface area contributed by atoms with Gasteiger partial charge in [0, 0.05) is 49.4 Å². The summed E-state index contributed by atoms with van der Waals surface area (Å²) in [7, 11) is 0. The van der Waals surface area contributed by atoms with Crippen molar-refractivity contribution in [2.45, 2.75) is 59.8 Å². The highest BCUT2D eigenvalue weighted by atomic mass is 16.2. The molecule has 1 aromatic heterocycles. The average molecular weight is 395 g/mol. The minimum atomic E-state index is 0.287. The Bertz CT molecular complexity index is 854. The fourth-order valence-electron chi connectivity index (χ4n) is 4.05. The number of carbonyl (C=O) groups excluding carboxylic acids is 1. The second kappa shape index (κ2) is 9.38. The minimum absolute atomic E-state index is 0.287. The maximum atomic E-state index is 12.4. The number of amides is 1. The van der Waals surface area contributed by atoms with Gasteiger partial charge in [0.2, 0.25) is 5.91 Å². The highest BCUT2D eigenvalue weighted by Crippen LogP contribution is 2.31. The van der Waals surface area contributed by atoms with Crippen molar-refractivity contribution in [2.24, 2.45) is 0 Å². The SMILES string of the molecule is CCCCC(=O)N1CCN(c2nc(-c3cccc(C)c3)nc(C)c2C(C)C)CC1. The molecule has 0 atom stereocenters. The van der Waals surface area contributed by atoms with E-state index in [1.165, 1.54) is 11.1 Å². The van der Waals surface area contributed by atoms with E-state index in [0.29, 0.717) is 12.3 Å². The zero-order valence-electron chi connectivity index (χ0n) is 18.5. The first-order valence-corrected chi connectivity index (χ1v) is 10.9. The van der Waals surface area contributed by atoms with Gasteiger partial charge in [0.05, 0.1) is 0 Å². The predicted molar refractivity (Wildman–Crippen MR) is 119 cm³/mol. The summed E-state index contributed by atoms with van der Waals surface area (Å²) in [6.07, 6.45) is 2.70. The molecule has 3 rings (SSSR count). The van der Waals surface area contributed by atoms with E-state index in [1.807, 2.05) is 4.90 Å². The van der Waals surface area contributed by atoms with Crippen LogP contribution in [-0.4, -0.2) is 47.0 Å². The van der Waals surface area contributed by atoms with E-state index in [4.69, 9.17) is 9.97 Å². The third kappa shape index (κ3) is 4.95. The molecule has 0 radical (unpaired) electrons. The molecule has 1 saturated heterocycles. The largest absolute Gasteiger partial charge is 0.353 e. The summed E-state index contributed by atoms with van der Waals surface area (Å²) in [5, 5.41) is 0. The molecule has 0 bridgehead atoms. The Labute approximate surface area is 175 Å². The Morgan fingerprint density at radius 3 is 2.45 bits per heavy atom. The van der Waals surface area contributed by atoms with Gasteiger partial charge in [0.25, 0.3) is 0 Å². The van der Waals surface area contributed by atoms with Crippen LogP contribution in [0.25, 0.3) is 11.4 Å². The number of hydrogen-bond donors (Lipinski definition) is 0. The number of unbranched alkanes of at least 4 members (excludes halogenated alkanes) is 1. The standard InChI is InChI=1S/C24H34N4O/c1-6-7-11-21(29)27-12-14-28(15-13-27)24-22(17(2)3)19(5)25-23(26-24)20-10-8-9-18(4)16-20/h8-10,16-17H,6-7,11-15H2,1-5H3. The van der Waals surface area contributed by atoms with Gasteiger partial charge in [0.15, 0.2) is 5.82 Å². The molecule has 5 nitrogen and oxygen atoms in total. The van der Waals surface area contributed by atoms with E-state index in [1.54, 1.807) is 0 Å². The average Bonchev–Trinajstić information content (AvgIpc) is 2.71. The molecule has 0 N–H and O–H groups in total. The molecular formula is C24H34N4O. The number of nitrogens with zero attached hydrogens (tertiary/aromatic N) is 4. The Morgan fingerprint density at radius 2 is 1.83 bits per heavy atom. The molecule has 0 aliphatic carbocycles. The summed E-state index contributed by atoms with van der Waals surface area (Å²) >= 11 is 0. The van der Waals surface area contributed by atoms with Crippen molar-refractivity contribution < 1.29 is 4.79 Å². The Kier molecular flexibility index (Phi) is 6.88. The summed E-state index contributed by atoms with van der Waals surface area (Å²) in [5.41, 5.74) is 4.52. The van der Waals surface area contributed by atoms with Crippen LogP contribution in [0, 0.1) is 13.8 Å². The Hall–Kier alpha value is -2.43. The van der Waals surface area contributed by atoms with Crippen LogP contribution >= 0.6 is 0 Å². The van der Waals surface area contributed by atoms with E-state index in [0.717, 1.165) is 61.9 Å². The molecule has 0 spiro atoms. The molecule has 2 heterocycles.